The van der Waals surface area contributed by atoms with Crippen LogP contribution in [0.25, 0.3) is 0 Å². The molecule has 2 nitrogen and oxygen atoms in total. The summed E-state index contributed by atoms with van der Waals surface area (Å²) in [5, 5.41) is 12.7. The molecule has 2 atom stereocenters. The summed E-state index contributed by atoms with van der Waals surface area (Å²) in [7, 11) is 0. The van der Waals surface area contributed by atoms with E-state index in [9.17, 15) is 13.9 Å². The van der Waals surface area contributed by atoms with Crippen molar-refractivity contribution in [3.05, 3.63) is 29.3 Å². The van der Waals surface area contributed by atoms with Crippen LogP contribution in [0.15, 0.2) is 23.1 Å². The maximum Gasteiger partial charge on any atom is 0.288 e. The van der Waals surface area contributed by atoms with Crippen molar-refractivity contribution in [3.8, 4) is 0 Å². The minimum absolute atomic E-state index is 0.226. The molecule has 1 aliphatic carbocycles. The lowest BCUT2D eigenvalue weighted by molar-refractivity contribution is 0.184. The van der Waals surface area contributed by atoms with Gasteiger partial charge in [-0.1, -0.05) is 17.8 Å². The molecule has 2 rings (SSSR count). The van der Waals surface area contributed by atoms with Crippen LogP contribution in [0.5, 0.6) is 0 Å². The quantitative estimate of drug-likeness (QED) is 0.815. The number of halogens is 2. The third-order valence-corrected chi connectivity index (χ3v) is 4.02. The summed E-state index contributed by atoms with van der Waals surface area (Å²) < 4.78 is 24.7. The Bertz CT molecular complexity index is 426. The maximum atomic E-state index is 12.4. The number of hydrogen-bond acceptors (Lipinski definition) is 3. The van der Waals surface area contributed by atoms with E-state index in [1.165, 1.54) is 5.56 Å². The van der Waals surface area contributed by atoms with Crippen LogP contribution in [0.2, 0.25) is 0 Å². The molecule has 0 heterocycles. The fourth-order valence-electron chi connectivity index (χ4n) is 2.49. The van der Waals surface area contributed by atoms with Gasteiger partial charge in [-0.05, 0) is 49.4 Å². The number of rotatable bonds is 5. The molecule has 0 amide bonds. The van der Waals surface area contributed by atoms with Gasteiger partial charge in [0.2, 0.25) is 0 Å². The Balaban J connectivity index is 2.11. The Morgan fingerprint density at radius 1 is 1.47 bits per heavy atom. The molecular weight excluding hydrogens is 268 g/mol. The molecule has 0 radical (unpaired) electrons. The van der Waals surface area contributed by atoms with Gasteiger partial charge in [-0.25, -0.2) is 0 Å². The van der Waals surface area contributed by atoms with E-state index in [1.807, 2.05) is 12.1 Å². The number of fused-ring (bicyclic) bond motifs is 1. The second-order valence-corrected chi connectivity index (χ2v) is 6.00. The molecule has 0 bridgehead atoms. The Morgan fingerprint density at radius 2 is 2.26 bits per heavy atom. The molecule has 0 saturated carbocycles. The lowest BCUT2D eigenvalue weighted by atomic mass is 9.87. The van der Waals surface area contributed by atoms with E-state index in [1.54, 1.807) is 13.0 Å². The summed E-state index contributed by atoms with van der Waals surface area (Å²) in [4.78, 5) is 0.630. The highest BCUT2D eigenvalue weighted by Gasteiger charge is 2.20. The standard InChI is InChI=1S/C14H19F2NOS/c1-9(18)8-17-13-4-2-3-10-7-11(19-14(15)16)5-6-12(10)13/h5-7,9,13-14,17-18H,2-4,8H2,1H3. The van der Waals surface area contributed by atoms with Gasteiger partial charge in [-0.2, -0.15) is 8.78 Å². The van der Waals surface area contributed by atoms with Crippen molar-refractivity contribution in [1.29, 1.82) is 0 Å². The highest BCUT2D eigenvalue weighted by atomic mass is 32.2. The number of aryl methyl sites for hydroxylation is 1. The first-order valence-electron chi connectivity index (χ1n) is 6.55. The minimum atomic E-state index is -2.37. The van der Waals surface area contributed by atoms with Crippen molar-refractivity contribution in [2.75, 3.05) is 6.54 Å². The van der Waals surface area contributed by atoms with Gasteiger partial charge in [0.25, 0.3) is 5.76 Å². The van der Waals surface area contributed by atoms with Crippen molar-refractivity contribution in [2.45, 2.75) is 49.0 Å². The third kappa shape index (κ3) is 4.16. The summed E-state index contributed by atoms with van der Waals surface area (Å²) in [6.07, 6.45) is 2.65. The highest BCUT2D eigenvalue weighted by Crippen LogP contribution is 2.34. The summed E-state index contributed by atoms with van der Waals surface area (Å²) in [5.74, 6) is -2.37. The number of alkyl halides is 2. The first kappa shape index (κ1) is 14.8. The van der Waals surface area contributed by atoms with Gasteiger partial charge < -0.3 is 10.4 Å². The van der Waals surface area contributed by atoms with Crippen LogP contribution < -0.4 is 5.32 Å². The molecule has 2 N–H and O–H groups in total. The van der Waals surface area contributed by atoms with E-state index in [2.05, 4.69) is 5.32 Å². The van der Waals surface area contributed by atoms with E-state index in [0.29, 0.717) is 23.2 Å². The van der Waals surface area contributed by atoms with Gasteiger partial charge in [0.15, 0.2) is 0 Å². The summed E-state index contributed by atoms with van der Waals surface area (Å²) in [6.45, 7) is 2.30. The van der Waals surface area contributed by atoms with Gasteiger partial charge in [0.1, 0.15) is 0 Å². The van der Waals surface area contributed by atoms with Crippen molar-refractivity contribution >= 4 is 11.8 Å². The number of aliphatic hydroxyl groups excluding tert-OH is 1. The van der Waals surface area contributed by atoms with E-state index in [-0.39, 0.29) is 12.1 Å². The monoisotopic (exact) mass is 287 g/mol. The molecule has 0 saturated heterocycles. The normalized spacial score (nSPS) is 20.4. The summed E-state index contributed by atoms with van der Waals surface area (Å²) >= 11 is 0.597. The number of aliphatic hydroxyl groups is 1. The summed E-state index contributed by atoms with van der Waals surface area (Å²) in [5.41, 5.74) is 2.34. The average Bonchev–Trinajstić information content (AvgIpc) is 2.35. The smallest absolute Gasteiger partial charge is 0.288 e. The number of thioether (sulfide) groups is 1. The zero-order valence-electron chi connectivity index (χ0n) is 10.9. The molecule has 0 aromatic heterocycles. The summed E-state index contributed by atoms with van der Waals surface area (Å²) in [6, 6.07) is 5.81. The van der Waals surface area contributed by atoms with Gasteiger partial charge in [-0.3, -0.25) is 0 Å². The van der Waals surface area contributed by atoms with Crippen LogP contribution in [0, 0.1) is 0 Å². The van der Waals surface area contributed by atoms with E-state index in [4.69, 9.17) is 0 Å². The molecule has 0 spiro atoms. The average molecular weight is 287 g/mol. The molecule has 5 heteroatoms. The molecule has 1 aromatic carbocycles. The molecular formula is C14H19F2NOS. The van der Waals surface area contributed by atoms with Gasteiger partial charge in [-0.15, -0.1) is 0 Å². The molecule has 0 fully saturated rings. The second kappa shape index (κ2) is 6.68. The molecule has 0 aliphatic heterocycles. The van der Waals surface area contributed by atoms with Crippen LogP contribution in [0.3, 0.4) is 0 Å². The zero-order valence-corrected chi connectivity index (χ0v) is 11.7. The number of nitrogens with one attached hydrogen (secondary N) is 1. The Hall–Kier alpha value is -0.650. The number of benzene rings is 1. The topological polar surface area (TPSA) is 32.3 Å². The molecule has 2 unspecified atom stereocenters. The molecule has 106 valence electrons. The van der Waals surface area contributed by atoms with Gasteiger partial charge in [0.05, 0.1) is 6.10 Å². The Morgan fingerprint density at radius 3 is 2.95 bits per heavy atom. The zero-order chi connectivity index (χ0) is 13.8. The van der Waals surface area contributed by atoms with Crippen LogP contribution >= 0.6 is 11.8 Å². The predicted octanol–water partition coefficient (Wildman–Crippen LogP) is 3.35. The van der Waals surface area contributed by atoms with Crippen LogP contribution in [0.1, 0.15) is 36.9 Å². The largest absolute Gasteiger partial charge is 0.392 e. The fraction of sp³-hybridized carbons (Fsp3) is 0.571. The van der Waals surface area contributed by atoms with Crippen molar-refractivity contribution in [2.24, 2.45) is 0 Å². The molecule has 19 heavy (non-hydrogen) atoms. The molecule has 1 aromatic rings. The second-order valence-electron chi connectivity index (χ2n) is 4.94. The Kier molecular flexibility index (Phi) is 5.19. The van der Waals surface area contributed by atoms with E-state index < -0.39 is 5.76 Å². The van der Waals surface area contributed by atoms with Crippen molar-refractivity contribution in [1.82, 2.24) is 5.32 Å². The molecule has 1 aliphatic rings. The van der Waals surface area contributed by atoms with E-state index in [0.717, 1.165) is 24.8 Å². The third-order valence-electron chi connectivity index (χ3n) is 3.31. The lowest BCUT2D eigenvalue weighted by Crippen LogP contribution is -2.31. The first-order chi connectivity index (χ1) is 9.06. The SMILES string of the molecule is CC(O)CNC1CCCc2cc(SC(F)F)ccc21. The van der Waals surface area contributed by atoms with Crippen molar-refractivity contribution < 1.29 is 13.9 Å². The predicted molar refractivity (Wildman–Crippen MR) is 73.7 cm³/mol. The van der Waals surface area contributed by atoms with Crippen molar-refractivity contribution in [3.63, 3.8) is 0 Å². The van der Waals surface area contributed by atoms with Crippen LogP contribution in [-0.2, 0) is 6.42 Å². The van der Waals surface area contributed by atoms with Crippen LogP contribution in [-0.4, -0.2) is 23.5 Å². The van der Waals surface area contributed by atoms with Gasteiger partial charge in [0, 0.05) is 17.5 Å². The minimum Gasteiger partial charge on any atom is -0.392 e. The van der Waals surface area contributed by atoms with E-state index >= 15 is 0 Å². The van der Waals surface area contributed by atoms with Gasteiger partial charge >= 0.3 is 0 Å². The number of hydrogen-bond donors (Lipinski definition) is 2. The lowest BCUT2D eigenvalue weighted by Gasteiger charge is -2.27. The maximum absolute atomic E-state index is 12.4. The highest BCUT2D eigenvalue weighted by molar-refractivity contribution is 7.99. The fourth-order valence-corrected chi connectivity index (χ4v) is 3.05. The Labute approximate surface area is 116 Å². The first-order valence-corrected chi connectivity index (χ1v) is 7.43. The van der Waals surface area contributed by atoms with Crippen LogP contribution in [0.4, 0.5) is 8.78 Å².